The van der Waals surface area contributed by atoms with Crippen molar-refractivity contribution in [1.82, 2.24) is 4.98 Å². The Hall–Kier alpha value is -1.10. The van der Waals surface area contributed by atoms with Crippen LogP contribution in [0.2, 0.25) is 10.0 Å². The maximum atomic E-state index is 11.4. The second-order valence-electron chi connectivity index (χ2n) is 4.13. The topological polar surface area (TPSA) is 39.2 Å². The summed E-state index contributed by atoms with van der Waals surface area (Å²) in [5.74, 6) is -0.256. The van der Waals surface area contributed by atoms with Gasteiger partial charge in [0.25, 0.3) is 0 Å². The molecule has 0 aliphatic heterocycles. The minimum absolute atomic E-state index is 0.207. The van der Waals surface area contributed by atoms with Crippen LogP contribution in [-0.2, 0) is 22.4 Å². The van der Waals surface area contributed by atoms with Gasteiger partial charge in [-0.3, -0.25) is 4.79 Å². The Bertz CT molecular complexity index is 613. The van der Waals surface area contributed by atoms with Gasteiger partial charge in [0, 0.05) is 21.8 Å². The van der Waals surface area contributed by atoms with E-state index in [9.17, 15) is 4.79 Å². The summed E-state index contributed by atoms with van der Waals surface area (Å²) in [5, 5.41) is 4.02. The molecule has 0 spiro atoms. The van der Waals surface area contributed by atoms with Gasteiger partial charge in [-0.1, -0.05) is 29.3 Å². The lowest BCUT2D eigenvalue weighted by molar-refractivity contribution is -0.142. The third kappa shape index (κ3) is 4.20. The van der Waals surface area contributed by atoms with Crippen LogP contribution >= 0.6 is 34.5 Å². The molecule has 0 saturated carbocycles. The number of hydrogen-bond donors (Lipinski definition) is 0. The first-order chi connectivity index (χ1) is 9.58. The summed E-state index contributed by atoms with van der Waals surface area (Å²) in [6.45, 7) is 2.17. The van der Waals surface area contributed by atoms with Crippen molar-refractivity contribution in [3.05, 3.63) is 49.9 Å². The second kappa shape index (κ2) is 7.07. The largest absolute Gasteiger partial charge is 0.466 e. The van der Waals surface area contributed by atoms with Crippen molar-refractivity contribution in [1.29, 1.82) is 0 Å². The van der Waals surface area contributed by atoms with E-state index in [1.807, 2.05) is 11.4 Å². The van der Waals surface area contributed by atoms with Gasteiger partial charge in [-0.05, 0) is 24.6 Å². The van der Waals surface area contributed by atoms with E-state index >= 15 is 0 Å². The van der Waals surface area contributed by atoms with Gasteiger partial charge >= 0.3 is 5.97 Å². The van der Waals surface area contributed by atoms with Gasteiger partial charge in [0.15, 0.2) is 0 Å². The molecule has 1 aromatic heterocycles. The zero-order valence-corrected chi connectivity index (χ0v) is 13.2. The highest BCUT2D eigenvalue weighted by Crippen LogP contribution is 2.24. The molecule has 0 N–H and O–H groups in total. The standard InChI is InChI=1S/C14H13Cl2NO2S/c1-2-19-14(18)7-11-8-20-13(17-11)5-9-3-4-10(15)6-12(9)16/h3-4,6,8H,2,5,7H2,1H3. The van der Waals surface area contributed by atoms with Gasteiger partial charge in [0.1, 0.15) is 0 Å². The maximum absolute atomic E-state index is 11.4. The van der Waals surface area contributed by atoms with Crippen molar-refractivity contribution in [2.24, 2.45) is 0 Å². The Labute approximate surface area is 131 Å². The second-order valence-corrected chi connectivity index (χ2v) is 5.91. The number of hydrogen-bond acceptors (Lipinski definition) is 4. The highest BCUT2D eigenvalue weighted by molar-refractivity contribution is 7.09. The molecule has 3 nitrogen and oxygen atoms in total. The summed E-state index contributed by atoms with van der Waals surface area (Å²) in [4.78, 5) is 15.8. The number of benzene rings is 1. The van der Waals surface area contributed by atoms with Gasteiger partial charge in [-0.2, -0.15) is 0 Å². The van der Waals surface area contributed by atoms with Crippen LogP contribution in [0.5, 0.6) is 0 Å². The average molecular weight is 330 g/mol. The smallest absolute Gasteiger partial charge is 0.311 e. The van der Waals surface area contributed by atoms with Crippen LogP contribution < -0.4 is 0 Å². The van der Waals surface area contributed by atoms with Crippen LogP contribution in [0, 0.1) is 0 Å². The predicted octanol–water partition coefficient (Wildman–Crippen LogP) is 4.15. The number of carbonyl (C=O) groups is 1. The van der Waals surface area contributed by atoms with Gasteiger partial charge in [0.05, 0.1) is 23.7 Å². The SMILES string of the molecule is CCOC(=O)Cc1csc(Cc2ccc(Cl)cc2Cl)n1. The summed E-state index contributed by atoms with van der Waals surface area (Å²) in [7, 11) is 0. The molecule has 0 atom stereocenters. The van der Waals surface area contributed by atoms with Crippen molar-refractivity contribution < 1.29 is 9.53 Å². The Morgan fingerprint density at radius 3 is 2.90 bits per heavy atom. The molecule has 6 heteroatoms. The number of esters is 1. The summed E-state index contributed by atoms with van der Waals surface area (Å²) < 4.78 is 4.90. The number of carbonyl (C=O) groups excluding carboxylic acids is 1. The lowest BCUT2D eigenvalue weighted by Gasteiger charge is -2.02. The molecular weight excluding hydrogens is 317 g/mol. The van der Waals surface area contributed by atoms with E-state index in [2.05, 4.69) is 4.98 Å². The Balaban J connectivity index is 2.04. The zero-order chi connectivity index (χ0) is 14.5. The van der Waals surface area contributed by atoms with E-state index in [0.29, 0.717) is 23.1 Å². The van der Waals surface area contributed by atoms with Crippen LogP contribution in [0.15, 0.2) is 23.6 Å². The third-order valence-electron chi connectivity index (χ3n) is 2.59. The minimum atomic E-state index is -0.256. The Kier molecular flexibility index (Phi) is 5.40. The van der Waals surface area contributed by atoms with Crippen molar-refractivity contribution in [2.45, 2.75) is 19.8 Å². The molecule has 20 heavy (non-hydrogen) atoms. The molecule has 0 fully saturated rings. The Morgan fingerprint density at radius 1 is 1.40 bits per heavy atom. The number of aromatic nitrogens is 1. The number of nitrogens with zero attached hydrogens (tertiary/aromatic N) is 1. The van der Waals surface area contributed by atoms with Crippen molar-refractivity contribution in [3.8, 4) is 0 Å². The minimum Gasteiger partial charge on any atom is -0.466 e. The predicted molar refractivity (Wildman–Crippen MR) is 81.7 cm³/mol. The summed E-state index contributed by atoms with van der Waals surface area (Å²) in [6.07, 6.45) is 0.836. The summed E-state index contributed by atoms with van der Waals surface area (Å²) >= 11 is 13.5. The lowest BCUT2D eigenvalue weighted by atomic mass is 10.1. The normalized spacial score (nSPS) is 10.6. The molecule has 106 valence electrons. The summed E-state index contributed by atoms with van der Waals surface area (Å²) in [6, 6.07) is 5.40. The molecular formula is C14H13Cl2NO2S. The number of thiazole rings is 1. The molecule has 0 unspecified atom stereocenters. The highest BCUT2D eigenvalue weighted by atomic mass is 35.5. The highest BCUT2D eigenvalue weighted by Gasteiger charge is 2.10. The molecule has 0 aliphatic rings. The van der Waals surface area contributed by atoms with E-state index in [1.165, 1.54) is 11.3 Å². The molecule has 0 aliphatic carbocycles. The average Bonchev–Trinajstić information content (AvgIpc) is 2.80. The number of halogens is 2. The molecule has 0 bridgehead atoms. The van der Waals surface area contributed by atoms with Gasteiger partial charge in [-0.15, -0.1) is 11.3 Å². The number of ether oxygens (including phenoxy) is 1. The van der Waals surface area contributed by atoms with Crippen molar-refractivity contribution in [2.75, 3.05) is 6.61 Å². The first kappa shape index (κ1) is 15.3. The molecule has 1 aromatic carbocycles. The van der Waals surface area contributed by atoms with Gasteiger partial charge < -0.3 is 4.74 Å². The van der Waals surface area contributed by atoms with E-state index < -0.39 is 0 Å². The molecule has 0 radical (unpaired) electrons. The fourth-order valence-corrected chi connectivity index (χ4v) is 2.99. The van der Waals surface area contributed by atoms with Crippen LogP contribution in [-0.4, -0.2) is 17.6 Å². The first-order valence-corrected chi connectivity index (χ1v) is 7.75. The van der Waals surface area contributed by atoms with Crippen molar-refractivity contribution >= 4 is 40.5 Å². The molecule has 2 rings (SSSR count). The monoisotopic (exact) mass is 329 g/mol. The van der Waals surface area contributed by atoms with Crippen LogP contribution in [0.4, 0.5) is 0 Å². The van der Waals surface area contributed by atoms with Crippen LogP contribution in [0.3, 0.4) is 0 Å². The van der Waals surface area contributed by atoms with E-state index in [1.54, 1.807) is 19.1 Å². The van der Waals surface area contributed by atoms with Gasteiger partial charge in [-0.25, -0.2) is 4.98 Å². The maximum Gasteiger partial charge on any atom is 0.311 e. The molecule has 1 heterocycles. The molecule has 0 saturated heterocycles. The fraction of sp³-hybridized carbons (Fsp3) is 0.286. The quantitative estimate of drug-likeness (QED) is 0.773. The van der Waals surface area contributed by atoms with E-state index in [0.717, 1.165) is 16.3 Å². The van der Waals surface area contributed by atoms with Crippen LogP contribution in [0.25, 0.3) is 0 Å². The van der Waals surface area contributed by atoms with Crippen molar-refractivity contribution in [3.63, 3.8) is 0 Å². The third-order valence-corrected chi connectivity index (χ3v) is 4.07. The van der Waals surface area contributed by atoms with E-state index in [-0.39, 0.29) is 12.4 Å². The fourth-order valence-electron chi connectivity index (χ4n) is 1.70. The lowest BCUT2D eigenvalue weighted by Crippen LogP contribution is -2.07. The van der Waals surface area contributed by atoms with Crippen LogP contribution in [0.1, 0.15) is 23.2 Å². The summed E-state index contributed by atoms with van der Waals surface area (Å²) in [5.41, 5.74) is 1.70. The molecule has 2 aromatic rings. The zero-order valence-electron chi connectivity index (χ0n) is 10.9. The molecule has 0 amide bonds. The van der Waals surface area contributed by atoms with Gasteiger partial charge in [0.2, 0.25) is 0 Å². The number of rotatable bonds is 5. The van der Waals surface area contributed by atoms with E-state index in [4.69, 9.17) is 27.9 Å². The Morgan fingerprint density at radius 2 is 2.20 bits per heavy atom. The first-order valence-electron chi connectivity index (χ1n) is 6.11.